The van der Waals surface area contributed by atoms with E-state index in [0.717, 1.165) is 11.3 Å². The summed E-state index contributed by atoms with van der Waals surface area (Å²) in [4.78, 5) is 19.9. The molecule has 2 heterocycles. The number of halogens is 3. The molecule has 1 N–H and O–H groups in total. The van der Waals surface area contributed by atoms with Gasteiger partial charge in [-0.15, -0.1) is 0 Å². The van der Waals surface area contributed by atoms with Crippen molar-refractivity contribution < 1.29 is 13.9 Å². The van der Waals surface area contributed by atoms with Gasteiger partial charge in [-0.1, -0.05) is 41.4 Å². The van der Waals surface area contributed by atoms with E-state index in [1.54, 1.807) is 24.3 Å². The average molecular weight is 510 g/mol. The summed E-state index contributed by atoms with van der Waals surface area (Å²) >= 11 is 12.4. The van der Waals surface area contributed by atoms with Gasteiger partial charge < -0.3 is 15.0 Å². The molecule has 0 saturated heterocycles. The SMILES string of the molecule is CN(C)c1c(C(=O)N[C@H]2CCOc3ccccc32)cnc2c(-c3cc(Cl)cc(Cl)c3)c(F)ccc12. The summed E-state index contributed by atoms with van der Waals surface area (Å²) in [7, 11) is 3.68. The van der Waals surface area contributed by atoms with Crippen molar-refractivity contribution in [3.63, 3.8) is 0 Å². The molecule has 0 radical (unpaired) electrons. The molecule has 1 amide bonds. The summed E-state index contributed by atoms with van der Waals surface area (Å²) < 4.78 is 20.8. The molecule has 1 aliphatic rings. The van der Waals surface area contributed by atoms with Gasteiger partial charge in [0.2, 0.25) is 0 Å². The normalized spacial score (nSPS) is 14.8. The Morgan fingerprint density at radius 2 is 1.86 bits per heavy atom. The van der Waals surface area contributed by atoms with Gasteiger partial charge in [0, 0.05) is 53.3 Å². The van der Waals surface area contributed by atoms with Crippen molar-refractivity contribution in [3.8, 4) is 16.9 Å². The molecule has 1 aromatic heterocycles. The molecule has 0 bridgehead atoms. The third-order valence-corrected chi connectivity index (χ3v) is 6.50. The van der Waals surface area contributed by atoms with E-state index in [9.17, 15) is 4.79 Å². The fourth-order valence-electron chi connectivity index (χ4n) is 4.58. The van der Waals surface area contributed by atoms with E-state index in [-0.39, 0.29) is 17.5 Å². The van der Waals surface area contributed by atoms with Crippen molar-refractivity contribution in [2.45, 2.75) is 12.5 Å². The lowest BCUT2D eigenvalue weighted by atomic mass is 9.97. The molecule has 0 spiro atoms. The lowest BCUT2D eigenvalue weighted by Gasteiger charge is -2.27. The van der Waals surface area contributed by atoms with Crippen LogP contribution in [0.15, 0.2) is 60.8 Å². The van der Waals surface area contributed by atoms with Gasteiger partial charge in [0.1, 0.15) is 11.6 Å². The molecular weight excluding hydrogens is 488 g/mol. The molecule has 0 saturated carbocycles. The molecule has 0 fully saturated rings. The fourth-order valence-corrected chi connectivity index (χ4v) is 5.10. The molecule has 3 aromatic carbocycles. The Bertz CT molecular complexity index is 1440. The molecule has 1 atom stereocenters. The first-order valence-corrected chi connectivity index (χ1v) is 11.9. The fraction of sp³-hybridized carbons (Fsp3) is 0.185. The third-order valence-electron chi connectivity index (χ3n) is 6.07. The van der Waals surface area contributed by atoms with E-state index in [1.807, 2.05) is 43.3 Å². The number of nitrogens with one attached hydrogen (secondary N) is 1. The summed E-state index contributed by atoms with van der Waals surface area (Å²) in [5.74, 6) is 0.0550. The summed E-state index contributed by atoms with van der Waals surface area (Å²) in [5, 5.41) is 4.56. The first kappa shape index (κ1) is 23.4. The number of hydrogen-bond acceptors (Lipinski definition) is 4. The highest BCUT2D eigenvalue weighted by molar-refractivity contribution is 6.35. The van der Waals surface area contributed by atoms with Crippen LogP contribution in [0.4, 0.5) is 10.1 Å². The predicted octanol–water partition coefficient (Wildman–Crippen LogP) is 6.67. The number of benzene rings is 3. The van der Waals surface area contributed by atoms with Gasteiger partial charge in [-0.3, -0.25) is 9.78 Å². The van der Waals surface area contributed by atoms with Gasteiger partial charge in [-0.05, 0) is 42.0 Å². The highest BCUT2D eigenvalue weighted by Crippen LogP contribution is 2.38. The van der Waals surface area contributed by atoms with Crippen molar-refractivity contribution in [3.05, 3.63) is 87.8 Å². The van der Waals surface area contributed by atoms with E-state index < -0.39 is 5.82 Å². The van der Waals surface area contributed by atoms with Gasteiger partial charge in [0.15, 0.2) is 0 Å². The second-order valence-corrected chi connectivity index (χ2v) is 9.47. The number of amides is 1. The maximum atomic E-state index is 15.1. The van der Waals surface area contributed by atoms with Crippen LogP contribution >= 0.6 is 23.2 Å². The van der Waals surface area contributed by atoms with Crippen molar-refractivity contribution in [2.24, 2.45) is 0 Å². The minimum atomic E-state index is -0.455. The van der Waals surface area contributed by atoms with Crippen molar-refractivity contribution in [2.75, 3.05) is 25.6 Å². The van der Waals surface area contributed by atoms with Crippen LogP contribution in [0, 0.1) is 5.82 Å². The molecule has 0 unspecified atom stereocenters. The number of ether oxygens (including phenoxy) is 1. The molecule has 4 aromatic rings. The number of carbonyl (C=O) groups is 1. The number of carbonyl (C=O) groups excluding carboxylic acids is 1. The van der Waals surface area contributed by atoms with Crippen LogP contribution in [0.25, 0.3) is 22.0 Å². The number of rotatable bonds is 4. The standard InChI is InChI=1S/C27H22Cl2FN3O2/c1-33(2)26-19-7-8-21(30)24(15-11-16(28)13-17(29)12-15)25(19)31-14-20(26)27(34)32-22-9-10-35-23-6-4-3-5-18(22)23/h3-8,11-14,22H,9-10H2,1-2H3,(H,32,34)/t22-/m0/s1. The lowest BCUT2D eigenvalue weighted by Crippen LogP contribution is -2.33. The number of fused-ring (bicyclic) bond motifs is 2. The number of pyridine rings is 1. The minimum absolute atomic E-state index is 0.185. The highest BCUT2D eigenvalue weighted by atomic mass is 35.5. The van der Waals surface area contributed by atoms with Gasteiger partial charge >= 0.3 is 0 Å². The Labute approximate surface area is 212 Å². The van der Waals surface area contributed by atoms with Crippen LogP contribution in [-0.2, 0) is 0 Å². The largest absolute Gasteiger partial charge is 0.493 e. The first-order valence-electron chi connectivity index (χ1n) is 11.1. The number of nitrogens with zero attached hydrogens (tertiary/aromatic N) is 2. The Hall–Kier alpha value is -3.35. The Morgan fingerprint density at radius 3 is 2.60 bits per heavy atom. The van der Waals surface area contributed by atoms with E-state index in [1.165, 1.54) is 12.3 Å². The second kappa shape index (κ2) is 9.36. The van der Waals surface area contributed by atoms with Crippen LogP contribution in [0.2, 0.25) is 10.0 Å². The first-order chi connectivity index (χ1) is 16.8. The molecule has 5 nitrogen and oxygen atoms in total. The van der Waals surface area contributed by atoms with Crippen molar-refractivity contribution >= 4 is 45.7 Å². The summed E-state index contributed by atoms with van der Waals surface area (Å²) in [6.45, 7) is 0.517. The number of aromatic nitrogens is 1. The molecule has 0 aliphatic carbocycles. The van der Waals surface area contributed by atoms with E-state index in [0.29, 0.717) is 50.8 Å². The smallest absolute Gasteiger partial charge is 0.255 e. The highest BCUT2D eigenvalue weighted by Gasteiger charge is 2.26. The van der Waals surface area contributed by atoms with Crippen LogP contribution < -0.4 is 15.0 Å². The van der Waals surface area contributed by atoms with Crippen LogP contribution in [0.1, 0.15) is 28.4 Å². The zero-order valence-electron chi connectivity index (χ0n) is 19.1. The zero-order valence-corrected chi connectivity index (χ0v) is 20.6. The van der Waals surface area contributed by atoms with Crippen LogP contribution in [-0.4, -0.2) is 31.6 Å². The van der Waals surface area contributed by atoms with E-state index >= 15 is 4.39 Å². The Balaban J connectivity index is 1.61. The molecule has 178 valence electrons. The maximum absolute atomic E-state index is 15.1. The van der Waals surface area contributed by atoms with Crippen LogP contribution in [0.3, 0.4) is 0 Å². The van der Waals surface area contributed by atoms with Crippen molar-refractivity contribution in [1.82, 2.24) is 10.3 Å². The van der Waals surface area contributed by atoms with Gasteiger partial charge in [-0.25, -0.2) is 4.39 Å². The van der Waals surface area contributed by atoms with Gasteiger partial charge in [0.25, 0.3) is 5.91 Å². The summed E-state index contributed by atoms with van der Waals surface area (Å²) in [5.41, 5.74) is 3.18. The Morgan fingerprint density at radius 1 is 1.11 bits per heavy atom. The lowest BCUT2D eigenvalue weighted by molar-refractivity contribution is 0.0925. The average Bonchev–Trinajstić information content (AvgIpc) is 2.82. The minimum Gasteiger partial charge on any atom is -0.493 e. The third kappa shape index (κ3) is 4.40. The second-order valence-electron chi connectivity index (χ2n) is 8.59. The number of anilines is 1. The molecule has 1 aliphatic heterocycles. The zero-order chi connectivity index (χ0) is 24.7. The van der Waals surface area contributed by atoms with Gasteiger partial charge in [-0.2, -0.15) is 0 Å². The summed E-state index contributed by atoms with van der Waals surface area (Å²) in [6.07, 6.45) is 2.15. The maximum Gasteiger partial charge on any atom is 0.255 e. The molecule has 5 rings (SSSR count). The quantitative estimate of drug-likeness (QED) is 0.333. The van der Waals surface area contributed by atoms with Gasteiger partial charge in [0.05, 0.1) is 29.4 Å². The monoisotopic (exact) mass is 509 g/mol. The molecular formula is C27H22Cl2FN3O2. The number of para-hydroxylation sites is 1. The predicted molar refractivity (Wildman–Crippen MR) is 138 cm³/mol. The topological polar surface area (TPSA) is 54.5 Å². The van der Waals surface area contributed by atoms with E-state index in [4.69, 9.17) is 27.9 Å². The summed E-state index contributed by atoms with van der Waals surface area (Å²) in [6, 6.07) is 15.4. The Kier molecular flexibility index (Phi) is 6.26. The van der Waals surface area contributed by atoms with E-state index in [2.05, 4.69) is 10.3 Å². The van der Waals surface area contributed by atoms with Crippen LogP contribution in [0.5, 0.6) is 5.75 Å². The van der Waals surface area contributed by atoms with Crippen molar-refractivity contribution in [1.29, 1.82) is 0 Å². The molecule has 35 heavy (non-hydrogen) atoms. The number of hydrogen-bond donors (Lipinski definition) is 1. The molecule has 8 heteroatoms.